The molecule has 0 saturated heterocycles. The first-order valence-electron chi connectivity index (χ1n) is 6.43. The van der Waals surface area contributed by atoms with E-state index in [-0.39, 0.29) is 10.6 Å². The Kier molecular flexibility index (Phi) is 5.20. The van der Waals surface area contributed by atoms with Gasteiger partial charge in [-0.1, -0.05) is 35.9 Å². The molecule has 4 nitrogen and oxygen atoms in total. The first-order valence-corrected chi connectivity index (χ1v) is 6.81. The van der Waals surface area contributed by atoms with E-state index in [4.69, 9.17) is 21.4 Å². The largest absolute Gasteiger partial charge is 0.478 e. The fourth-order valence-corrected chi connectivity index (χ4v) is 2.20. The smallest absolute Gasteiger partial charge is 0.337 e. The fourth-order valence-electron chi connectivity index (χ4n) is 2.00. The highest BCUT2D eigenvalue weighted by Gasteiger charge is 2.09. The molecule has 0 saturated carbocycles. The predicted molar refractivity (Wildman–Crippen MR) is 82.9 cm³/mol. The minimum Gasteiger partial charge on any atom is -0.478 e. The zero-order chi connectivity index (χ0) is 15.2. The number of hydrogen-bond acceptors (Lipinski definition) is 3. The maximum absolute atomic E-state index is 11.0. The Morgan fingerprint density at radius 2 is 2.00 bits per heavy atom. The van der Waals surface area contributed by atoms with Gasteiger partial charge in [0.15, 0.2) is 0 Å². The minimum atomic E-state index is -1.04. The van der Waals surface area contributed by atoms with Gasteiger partial charge in [0.1, 0.15) is 0 Å². The molecule has 0 atom stereocenters. The normalized spacial score (nSPS) is 10.4. The molecule has 0 bridgehead atoms. The van der Waals surface area contributed by atoms with Crippen molar-refractivity contribution in [1.82, 2.24) is 0 Å². The number of halogens is 1. The summed E-state index contributed by atoms with van der Waals surface area (Å²) in [6.45, 7) is 1.16. The highest BCUT2D eigenvalue weighted by molar-refractivity contribution is 6.33. The van der Waals surface area contributed by atoms with Crippen LogP contribution in [0.25, 0.3) is 0 Å². The van der Waals surface area contributed by atoms with Crippen molar-refractivity contribution in [3.63, 3.8) is 0 Å². The summed E-state index contributed by atoms with van der Waals surface area (Å²) < 4.78 is 5.10. The lowest BCUT2D eigenvalue weighted by Gasteiger charge is -2.09. The Balaban J connectivity index is 2.07. The number of aromatic carboxylic acids is 1. The molecule has 2 rings (SSSR count). The van der Waals surface area contributed by atoms with E-state index in [2.05, 4.69) is 5.32 Å². The minimum absolute atomic E-state index is 0.0924. The van der Waals surface area contributed by atoms with Gasteiger partial charge in [-0.3, -0.25) is 0 Å². The number of anilines is 1. The summed E-state index contributed by atoms with van der Waals surface area (Å²) in [6.07, 6.45) is 0. The summed E-state index contributed by atoms with van der Waals surface area (Å²) in [6, 6.07) is 12.9. The lowest BCUT2D eigenvalue weighted by molar-refractivity contribution is 0.0697. The molecule has 2 aromatic carbocycles. The Bertz CT molecular complexity index is 643. The maximum atomic E-state index is 11.0. The van der Waals surface area contributed by atoms with Crippen molar-refractivity contribution < 1.29 is 14.6 Å². The Hall–Kier alpha value is -2.04. The van der Waals surface area contributed by atoms with Gasteiger partial charge in [0.05, 0.1) is 17.2 Å². The first-order chi connectivity index (χ1) is 10.1. The number of carboxylic acids is 1. The monoisotopic (exact) mass is 305 g/mol. The van der Waals surface area contributed by atoms with Crippen LogP contribution in [0.1, 0.15) is 21.5 Å². The second-order valence-corrected chi connectivity index (χ2v) is 5.01. The van der Waals surface area contributed by atoms with Crippen molar-refractivity contribution in [2.75, 3.05) is 12.4 Å². The summed E-state index contributed by atoms with van der Waals surface area (Å²) in [4.78, 5) is 11.0. The number of hydrogen-bond donors (Lipinski definition) is 2. The summed E-state index contributed by atoms with van der Waals surface area (Å²) in [7, 11) is 1.66. The third kappa shape index (κ3) is 4.21. The van der Waals surface area contributed by atoms with Gasteiger partial charge in [-0.25, -0.2) is 4.79 Å². The van der Waals surface area contributed by atoms with Crippen LogP contribution in [0.4, 0.5) is 5.69 Å². The van der Waals surface area contributed by atoms with Crippen molar-refractivity contribution in [2.24, 2.45) is 0 Å². The quantitative estimate of drug-likeness (QED) is 0.852. The van der Waals surface area contributed by atoms with Crippen molar-refractivity contribution in [1.29, 1.82) is 0 Å². The van der Waals surface area contributed by atoms with E-state index in [1.54, 1.807) is 19.2 Å². The van der Waals surface area contributed by atoms with Crippen molar-refractivity contribution in [2.45, 2.75) is 13.2 Å². The molecule has 0 aromatic heterocycles. The lowest BCUT2D eigenvalue weighted by atomic mass is 10.1. The summed E-state index contributed by atoms with van der Waals surface area (Å²) in [5.41, 5.74) is 3.00. The van der Waals surface area contributed by atoms with Crippen LogP contribution in [-0.4, -0.2) is 18.2 Å². The third-order valence-electron chi connectivity index (χ3n) is 3.00. The molecule has 21 heavy (non-hydrogen) atoms. The van der Waals surface area contributed by atoms with E-state index in [1.807, 2.05) is 24.3 Å². The van der Waals surface area contributed by atoms with Crippen LogP contribution in [0.5, 0.6) is 0 Å². The number of carbonyl (C=O) groups is 1. The Labute approximate surface area is 128 Å². The molecule has 0 heterocycles. The lowest BCUT2D eigenvalue weighted by Crippen LogP contribution is -2.03. The van der Waals surface area contributed by atoms with E-state index in [0.717, 1.165) is 11.1 Å². The zero-order valence-corrected chi connectivity index (χ0v) is 12.4. The van der Waals surface area contributed by atoms with Crippen molar-refractivity contribution >= 4 is 23.3 Å². The number of ether oxygens (including phenoxy) is 1. The highest BCUT2D eigenvalue weighted by Crippen LogP contribution is 2.21. The number of nitrogens with one attached hydrogen (secondary N) is 1. The second-order valence-electron chi connectivity index (χ2n) is 4.61. The fraction of sp³-hybridized carbons (Fsp3) is 0.188. The van der Waals surface area contributed by atoms with E-state index in [1.165, 1.54) is 6.07 Å². The zero-order valence-electron chi connectivity index (χ0n) is 11.6. The number of carboxylic acid groups (broad SMARTS) is 1. The molecule has 2 aromatic rings. The number of methoxy groups -OCH3 is 1. The molecular formula is C16H16ClNO3. The van der Waals surface area contributed by atoms with Gasteiger partial charge in [-0.2, -0.15) is 0 Å². The van der Waals surface area contributed by atoms with E-state index < -0.39 is 5.97 Å². The average Bonchev–Trinajstić information content (AvgIpc) is 2.47. The summed E-state index contributed by atoms with van der Waals surface area (Å²) in [5, 5.41) is 12.5. The van der Waals surface area contributed by atoms with E-state index >= 15 is 0 Å². The predicted octanol–water partition coefficient (Wildman–Crippen LogP) is 3.80. The Morgan fingerprint density at radius 1 is 1.24 bits per heavy atom. The van der Waals surface area contributed by atoms with Crippen LogP contribution < -0.4 is 5.32 Å². The van der Waals surface area contributed by atoms with Gasteiger partial charge in [0, 0.05) is 19.3 Å². The standard InChI is InChI=1S/C16H16ClNO3/c1-21-10-12-4-2-3-11(7-12)9-18-13-5-6-15(17)14(8-13)16(19)20/h2-8,18H,9-10H2,1H3,(H,19,20). The molecule has 2 N–H and O–H groups in total. The van der Waals surface area contributed by atoms with Crippen molar-refractivity contribution in [3.05, 3.63) is 64.2 Å². The topological polar surface area (TPSA) is 58.6 Å². The number of rotatable bonds is 6. The second kappa shape index (κ2) is 7.11. The first kappa shape index (κ1) is 15.4. The summed E-state index contributed by atoms with van der Waals surface area (Å²) in [5.74, 6) is -1.04. The molecule has 0 fully saturated rings. The molecule has 0 radical (unpaired) electrons. The van der Waals surface area contributed by atoms with E-state index in [0.29, 0.717) is 18.8 Å². The molecular weight excluding hydrogens is 290 g/mol. The SMILES string of the molecule is COCc1cccc(CNc2ccc(Cl)c(C(=O)O)c2)c1. The molecule has 0 spiro atoms. The molecule has 0 unspecified atom stereocenters. The van der Waals surface area contributed by atoms with Crippen LogP contribution in [0.2, 0.25) is 5.02 Å². The molecule has 110 valence electrons. The summed E-state index contributed by atoms with van der Waals surface area (Å²) >= 11 is 5.84. The third-order valence-corrected chi connectivity index (χ3v) is 3.33. The molecule has 5 heteroatoms. The Morgan fingerprint density at radius 3 is 2.71 bits per heavy atom. The van der Waals surface area contributed by atoms with Crippen molar-refractivity contribution in [3.8, 4) is 0 Å². The molecule has 0 aliphatic rings. The maximum Gasteiger partial charge on any atom is 0.337 e. The van der Waals surface area contributed by atoms with Gasteiger partial charge in [0.25, 0.3) is 0 Å². The van der Waals surface area contributed by atoms with Crippen LogP contribution in [-0.2, 0) is 17.9 Å². The van der Waals surface area contributed by atoms with Gasteiger partial charge < -0.3 is 15.2 Å². The number of benzene rings is 2. The van der Waals surface area contributed by atoms with Gasteiger partial charge >= 0.3 is 5.97 Å². The van der Waals surface area contributed by atoms with Crippen LogP contribution in [0.15, 0.2) is 42.5 Å². The van der Waals surface area contributed by atoms with E-state index in [9.17, 15) is 4.79 Å². The van der Waals surface area contributed by atoms with Crippen LogP contribution in [0.3, 0.4) is 0 Å². The highest BCUT2D eigenvalue weighted by atomic mass is 35.5. The van der Waals surface area contributed by atoms with Gasteiger partial charge in [-0.15, -0.1) is 0 Å². The molecule has 0 amide bonds. The van der Waals surface area contributed by atoms with Crippen LogP contribution >= 0.6 is 11.6 Å². The molecule has 0 aliphatic heterocycles. The van der Waals surface area contributed by atoms with Gasteiger partial charge in [-0.05, 0) is 29.3 Å². The van der Waals surface area contributed by atoms with Crippen LogP contribution in [0, 0.1) is 0 Å². The molecule has 0 aliphatic carbocycles. The average molecular weight is 306 g/mol. The van der Waals surface area contributed by atoms with Gasteiger partial charge in [0.2, 0.25) is 0 Å².